The summed E-state index contributed by atoms with van der Waals surface area (Å²) in [6.45, 7) is 9.25. The van der Waals surface area contributed by atoms with E-state index < -0.39 is 0 Å². The maximum absolute atomic E-state index is 9.64. The molecule has 0 aromatic heterocycles. The van der Waals surface area contributed by atoms with E-state index in [4.69, 9.17) is 0 Å². The largest absolute Gasteiger partial charge is 0.395 e. The van der Waals surface area contributed by atoms with Crippen LogP contribution in [0.15, 0.2) is 30.3 Å². The van der Waals surface area contributed by atoms with Crippen LogP contribution in [-0.4, -0.2) is 23.8 Å². The molecular weight excluding hydrogens is 246 g/mol. The predicted molar refractivity (Wildman–Crippen MR) is 86.9 cm³/mol. The molecule has 1 aromatic carbocycles. The first kappa shape index (κ1) is 17.2. The number of benzene rings is 1. The Morgan fingerprint density at radius 2 is 1.45 bits per heavy atom. The molecular formula is C18H31NO. The van der Waals surface area contributed by atoms with Gasteiger partial charge in [0.25, 0.3) is 0 Å². The molecule has 0 unspecified atom stereocenters. The highest BCUT2D eigenvalue weighted by Gasteiger charge is 2.17. The zero-order valence-corrected chi connectivity index (χ0v) is 13.5. The number of nitrogens with one attached hydrogen (secondary N) is 1. The van der Waals surface area contributed by atoms with Crippen LogP contribution in [0.1, 0.15) is 46.1 Å². The second-order valence-corrected chi connectivity index (χ2v) is 6.69. The first-order chi connectivity index (χ1) is 9.51. The lowest BCUT2D eigenvalue weighted by Gasteiger charge is -2.27. The molecule has 0 bridgehead atoms. The molecule has 1 rings (SSSR count). The first-order valence-electron chi connectivity index (χ1n) is 7.92. The lowest BCUT2D eigenvalue weighted by Crippen LogP contribution is -2.43. The molecule has 0 radical (unpaired) electrons. The van der Waals surface area contributed by atoms with Crippen LogP contribution >= 0.6 is 0 Å². The fraction of sp³-hybridized carbons (Fsp3) is 0.667. The molecule has 0 amide bonds. The first-order valence-corrected chi connectivity index (χ1v) is 7.92. The van der Waals surface area contributed by atoms with E-state index in [9.17, 15) is 5.11 Å². The zero-order chi connectivity index (χ0) is 15.0. The zero-order valence-electron chi connectivity index (χ0n) is 13.5. The predicted octanol–water partition coefficient (Wildman–Crippen LogP) is 3.64. The molecule has 0 aliphatic heterocycles. The van der Waals surface area contributed by atoms with Crippen molar-refractivity contribution in [3.63, 3.8) is 0 Å². The topological polar surface area (TPSA) is 32.3 Å². The van der Waals surface area contributed by atoms with Gasteiger partial charge in [-0.15, -0.1) is 0 Å². The number of aliphatic hydroxyl groups is 1. The minimum absolute atomic E-state index is 0.153. The van der Waals surface area contributed by atoms with Crippen molar-refractivity contribution in [3.05, 3.63) is 35.9 Å². The van der Waals surface area contributed by atoms with Crippen molar-refractivity contribution in [2.45, 2.75) is 59.0 Å². The van der Waals surface area contributed by atoms with Crippen molar-refractivity contribution < 1.29 is 5.11 Å². The van der Waals surface area contributed by atoms with E-state index in [1.165, 1.54) is 18.4 Å². The average molecular weight is 277 g/mol. The second kappa shape index (κ2) is 9.15. The van der Waals surface area contributed by atoms with Gasteiger partial charge in [-0.2, -0.15) is 0 Å². The third kappa shape index (κ3) is 7.06. The fourth-order valence-electron chi connectivity index (χ4n) is 2.78. The molecule has 2 heteroatoms. The molecule has 0 heterocycles. The molecule has 1 atom stereocenters. The van der Waals surface area contributed by atoms with Crippen molar-refractivity contribution in [2.24, 2.45) is 11.8 Å². The number of hydrogen-bond donors (Lipinski definition) is 2. The highest BCUT2D eigenvalue weighted by Crippen LogP contribution is 2.15. The van der Waals surface area contributed by atoms with Crippen LogP contribution in [0.3, 0.4) is 0 Å². The summed E-state index contributed by atoms with van der Waals surface area (Å²) < 4.78 is 0. The molecule has 20 heavy (non-hydrogen) atoms. The van der Waals surface area contributed by atoms with Gasteiger partial charge in [0.1, 0.15) is 0 Å². The Hall–Kier alpha value is -0.860. The van der Waals surface area contributed by atoms with Gasteiger partial charge in [0.05, 0.1) is 6.61 Å². The van der Waals surface area contributed by atoms with Crippen LogP contribution in [-0.2, 0) is 6.42 Å². The monoisotopic (exact) mass is 277 g/mol. The van der Waals surface area contributed by atoms with E-state index in [-0.39, 0.29) is 12.6 Å². The summed E-state index contributed by atoms with van der Waals surface area (Å²) in [4.78, 5) is 0. The SMILES string of the molecule is CC(C)CC(CC(C)C)N[C@H](CO)Cc1ccccc1. The Kier molecular flexibility index (Phi) is 7.86. The van der Waals surface area contributed by atoms with Gasteiger partial charge in [0, 0.05) is 12.1 Å². The van der Waals surface area contributed by atoms with Crippen LogP contribution in [0.2, 0.25) is 0 Å². The van der Waals surface area contributed by atoms with Crippen LogP contribution in [0.25, 0.3) is 0 Å². The molecule has 0 aliphatic rings. The second-order valence-electron chi connectivity index (χ2n) is 6.69. The normalized spacial score (nSPS) is 13.4. The molecule has 0 spiro atoms. The van der Waals surface area contributed by atoms with Gasteiger partial charge in [-0.05, 0) is 36.7 Å². The third-order valence-corrected chi connectivity index (χ3v) is 3.53. The van der Waals surface area contributed by atoms with Gasteiger partial charge in [0.2, 0.25) is 0 Å². The summed E-state index contributed by atoms with van der Waals surface area (Å²) in [6.07, 6.45) is 3.23. The van der Waals surface area contributed by atoms with E-state index in [0.717, 1.165) is 6.42 Å². The van der Waals surface area contributed by atoms with Gasteiger partial charge in [-0.25, -0.2) is 0 Å². The molecule has 0 saturated heterocycles. The Bertz CT molecular complexity index is 338. The summed E-state index contributed by atoms with van der Waals surface area (Å²) in [6, 6.07) is 11.1. The maximum Gasteiger partial charge on any atom is 0.0587 e. The van der Waals surface area contributed by atoms with Gasteiger partial charge < -0.3 is 10.4 Å². The average Bonchev–Trinajstić information content (AvgIpc) is 2.37. The van der Waals surface area contributed by atoms with Crippen molar-refractivity contribution in [1.82, 2.24) is 5.32 Å². The number of rotatable bonds is 9. The maximum atomic E-state index is 9.64. The van der Waals surface area contributed by atoms with E-state index >= 15 is 0 Å². The Morgan fingerprint density at radius 3 is 1.90 bits per heavy atom. The highest BCUT2D eigenvalue weighted by atomic mass is 16.3. The molecule has 1 aromatic rings. The van der Waals surface area contributed by atoms with E-state index in [1.54, 1.807) is 0 Å². The van der Waals surface area contributed by atoms with E-state index in [2.05, 4.69) is 57.3 Å². The molecule has 0 saturated carbocycles. The third-order valence-electron chi connectivity index (χ3n) is 3.53. The molecule has 114 valence electrons. The molecule has 0 aliphatic carbocycles. The van der Waals surface area contributed by atoms with Crippen molar-refractivity contribution in [2.75, 3.05) is 6.61 Å². The van der Waals surface area contributed by atoms with Crippen LogP contribution in [0.5, 0.6) is 0 Å². The molecule has 2 N–H and O–H groups in total. The smallest absolute Gasteiger partial charge is 0.0587 e. The lowest BCUT2D eigenvalue weighted by atomic mass is 9.94. The van der Waals surface area contributed by atoms with Gasteiger partial charge in [-0.3, -0.25) is 0 Å². The summed E-state index contributed by atoms with van der Waals surface area (Å²) >= 11 is 0. The molecule has 2 nitrogen and oxygen atoms in total. The molecule has 0 fully saturated rings. The minimum Gasteiger partial charge on any atom is -0.395 e. The van der Waals surface area contributed by atoms with Gasteiger partial charge >= 0.3 is 0 Å². The van der Waals surface area contributed by atoms with Crippen molar-refractivity contribution >= 4 is 0 Å². The quantitative estimate of drug-likeness (QED) is 0.722. The van der Waals surface area contributed by atoms with Gasteiger partial charge in [-0.1, -0.05) is 58.0 Å². The standard InChI is InChI=1S/C18H31NO/c1-14(2)10-17(11-15(3)4)19-18(13-20)12-16-8-6-5-7-9-16/h5-9,14-15,17-20H,10-13H2,1-4H3/t18-/m0/s1. The summed E-state index contributed by atoms with van der Waals surface area (Å²) in [5, 5.41) is 13.3. The summed E-state index contributed by atoms with van der Waals surface area (Å²) in [5.41, 5.74) is 1.28. The number of aliphatic hydroxyl groups excluding tert-OH is 1. The Balaban J connectivity index is 2.58. The van der Waals surface area contributed by atoms with Crippen LogP contribution < -0.4 is 5.32 Å². The Morgan fingerprint density at radius 1 is 0.900 bits per heavy atom. The van der Waals surface area contributed by atoms with Crippen LogP contribution in [0, 0.1) is 11.8 Å². The minimum atomic E-state index is 0.153. The highest BCUT2D eigenvalue weighted by molar-refractivity contribution is 5.15. The van der Waals surface area contributed by atoms with Crippen molar-refractivity contribution in [1.29, 1.82) is 0 Å². The Labute approximate surface area is 124 Å². The van der Waals surface area contributed by atoms with E-state index in [0.29, 0.717) is 17.9 Å². The van der Waals surface area contributed by atoms with Gasteiger partial charge in [0.15, 0.2) is 0 Å². The summed E-state index contributed by atoms with van der Waals surface area (Å²) in [5.74, 6) is 1.37. The van der Waals surface area contributed by atoms with Crippen LogP contribution in [0.4, 0.5) is 0 Å². The summed E-state index contributed by atoms with van der Waals surface area (Å²) in [7, 11) is 0. The lowest BCUT2D eigenvalue weighted by molar-refractivity contribution is 0.216. The number of hydrogen-bond acceptors (Lipinski definition) is 2. The van der Waals surface area contributed by atoms with E-state index in [1.807, 2.05) is 6.07 Å². The fourth-order valence-corrected chi connectivity index (χ4v) is 2.78. The van der Waals surface area contributed by atoms with Crippen molar-refractivity contribution in [3.8, 4) is 0 Å².